The van der Waals surface area contributed by atoms with Crippen LogP contribution in [0, 0.1) is 0 Å². The van der Waals surface area contributed by atoms with Crippen molar-refractivity contribution in [2.75, 3.05) is 13.1 Å². The predicted molar refractivity (Wildman–Crippen MR) is 43.5 cm³/mol. The standard InChI is InChI=1S/C8H13F4NO/c1-3-5-13(4-2)7(14)8(11,12)6(9)10/h6H,3-5H2,1-2H3. The molecule has 0 spiro atoms. The maximum Gasteiger partial charge on any atom is 0.383 e. The second-order valence-corrected chi connectivity index (χ2v) is 2.81. The summed E-state index contributed by atoms with van der Waals surface area (Å²) in [4.78, 5) is 11.7. The first-order valence-corrected chi connectivity index (χ1v) is 4.33. The molecule has 0 N–H and O–H groups in total. The zero-order valence-electron chi connectivity index (χ0n) is 8.07. The summed E-state index contributed by atoms with van der Waals surface area (Å²) in [5.41, 5.74) is 0. The van der Waals surface area contributed by atoms with Crippen molar-refractivity contribution in [1.82, 2.24) is 4.90 Å². The van der Waals surface area contributed by atoms with E-state index < -0.39 is 18.3 Å². The predicted octanol–water partition coefficient (Wildman–Crippen LogP) is 2.15. The van der Waals surface area contributed by atoms with E-state index in [9.17, 15) is 22.4 Å². The molecule has 0 aliphatic heterocycles. The van der Waals surface area contributed by atoms with Crippen molar-refractivity contribution in [2.45, 2.75) is 32.6 Å². The quantitative estimate of drug-likeness (QED) is 0.643. The smallest absolute Gasteiger partial charge is 0.338 e. The van der Waals surface area contributed by atoms with Gasteiger partial charge in [0.15, 0.2) is 0 Å². The summed E-state index contributed by atoms with van der Waals surface area (Å²) in [6.45, 7) is 3.22. The molecule has 0 saturated carbocycles. The van der Waals surface area contributed by atoms with Gasteiger partial charge < -0.3 is 4.90 Å². The lowest BCUT2D eigenvalue weighted by atomic mass is 10.2. The van der Waals surface area contributed by atoms with Crippen molar-refractivity contribution in [1.29, 1.82) is 0 Å². The van der Waals surface area contributed by atoms with Gasteiger partial charge in [-0.15, -0.1) is 0 Å². The molecule has 1 amide bonds. The van der Waals surface area contributed by atoms with Crippen LogP contribution in [0.5, 0.6) is 0 Å². The number of carbonyl (C=O) groups is 1. The number of hydrogen-bond acceptors (Lipinski definition) is 1. The summed E-state index contributed by atoms with van der Waals surface area (Å²) in [7, 11) is 0. The molecular weight excluding hydrogens is 202 g/mol. The van der Waals surface area contributed by atoms with Crippen LogP contribution in [0.4, 0.5) is 17.6 Å². The zero-order valence-corrected chi connectivity index (χ0v) is 8.07. The fourth-order valence-electron chi connectivity index (χ4n) is 0.977. The molecule has 0 heterocycles. The average molecular weight is 215 g/mol. The summed E-state index contributed by atoms with van der Waals surface area (Å²) in [5, 5.41) is 0. The van der Waals surface area contributed by atoms with Gasteiger partial charge >= 0.3 is 12.3 Å². The van der Waals surface area contributed by atoms with Gasteiger partial charge in [-0.2, -0.15) is 8.78 Å². The van der Waals surface area contributed by atoms with Crippen molar-refractivity contribution in [3.05, 3.63) is 0 Å². The average Bonchev–Trinajstić information content (AvgIpc) is 2.12. The molecular formula is C8H13F4NO. The maximum absolute atomic E-state index is 12.6. The van der Waals surface area contributed by atoms with Crippen LogP contribution in [0.1, 0.15) is 20.3 Å². The van der Waals surface area contributed by atoms with E-state index >= 15 is 0 Å². The highest BCUT2D eigenvalue weighted by Gasteiger charge is 2.50. The van der Waals surface area contributed by atoms with Crippen molar-refractivity contribution < 1.29 is 22.4 Å². The van der Waals surface area contributed by atoms with E-state index in [0.717, 1.165) is 4.90 Å². The van der Waals surface area contributed by atoms with Gasteiger partial charge in [-0.3, -0.25) is 4.79 Å². The molecule has 0 aromatic rings. The van der Waals surface area contributed by atoms with E-state index in [1.54, 1.807) is 6.92 Å². The zero-order chi connectivity index (χ0) is 11.4. The molecule has 14 heavy (non-hydrogen) atoms. The van der Waals surface area contributed by atoms with Crippen LogP contribution in [0.3, 0.4) is 0 Å². The van der Waals surface area contributed by atoms with Gasteiger partial charge in [-0.1, -0.05) is 6.92 Å². The Labute approximate surface area is 79.9 Å². The van der Waals surface area contributed by atoms with Crippen molar-refractivity contribution >= 4 is 5.91 Å². The van der Waals surface area contributed by atoms with Gasteiger partial charge in [-0.05, 0) is 13.3 Å². The minimum atomic E-state index is -4.56. The van der Waals surface area contributed by atoms with E-state index in [1.807, 2.05) is 0 Å². The first-order valence-electron chi connectivity index (χ1n) is 4.33. The fourth-order valence-corrected chi connectivity index (χ4v) is 0.977. The lowest BCUT2D eigenvalue weighted by Crippen LogP contribution is -2.47. The molecule has 0 atom stereocenters. The molecule has 84 valence electrons. The maximum atomic E-state index is 12.6. The Morgan fingerprint density at radius 1 is 1.36 bits per heavy atom. The molecule has 0 saturated heterocycles. The molecule has 0 bridgehead atoms. The topological polar surface area (TPSA) is 20.3 Å². The van der Waals surface area contributed by atoms with Crippen LogP contribution in [-0.2, 0) is 4.79 Å². The Bertz CT molecular complexity index is 196. The lowest BCUT2D eigenvalue weighted by Gasteiger charge is -2.24. The molecule has 0 aliphatic rings. The summed E-state index contributed by atoms with van der Waals surface area (Å²) in [5.74, 6) is -6.36. The third-order valence-corrected chi connectivity index (χ3v) is 1.72. The number of carbonyl (C=O) groups excluding carboxylic acids is 1. The highest BCUT2D eigenvalue weighted by atomic mass is 19.3. The van der Waals surface area contributed by atoms with Crippen molar-refractivity contribution in [3.8, 4) is 0 Å². The number of amides is 1. The first kappa shape index (κ1) is 13.2. The van der Waals surface area contributed by atoms with E-state index in [4.69, 9.17) is 0 Å². The minimum Gasteiger partial charge on any atom is -0.338 e. The summed E-state index contributed by atoms with van der Waals surface area (Å²) in [6, 6.07) is 0. The SMILES string of the molecule is CCCN(CC)C(=O)C(F)(F)C(F)F. The Kier molecular flexibility index (Phi) is 4.87. The van der Waals surface area contributed by atoms with E-state index in [-0.39, 0.29) is 13.1 Å². The lowest BCUT2D eigenvalue weighted by molar-refractivity contribution is -0.180. The Hall–Kier alpha value is -0.810. The number of rotatable bonds is 5. The van der Waals surface area contributed by atoms with E-state index in [2.05, 4.69) is 0 Å². The molecule has 0 fully saturated rings. The van der Waals surface area contributed by atoms with Crippen LogP contribution in [0.2, 0.25) is 0 Å². The first-order chi connectivity index (χ1) is 6.37. The van der Waals surface area contributed by atoms with Gasteiger partial charge in [0.2, 0.25) is 0 Å². The van der Waals surface area contributed by atoms with Gasteiger partial charge in [-0.25, -0.2) is 8.78 Å². The van der Waals surface area contributed by atoms with Crippen LogP contribution in [0.15, 0.2) is 0 Å². The van der Waals surface area contributed by atoms with Crippen LogP contribution >= 0.6 is 0 Å². The monoisotopic (exact) mass is 215 g/mol. The van der Waals surface area contributed by atoms with E-state index in [1.165, 1.54) is 6.92 Å². The van der Waals surface area contributed by atoms with E-state index in [0.29, 0.717) is 6.42 Å². The number of halogens is 4. The van der Waals surface area contributed by atoms with Crippen LogP contribution in [-0.4, -0.2) is 36.2 Å². The Balaban J connectivity index is 4.56. The molecule has 2 nitrogen and oxygen atoms in total. The van der Waals surface area contributed by atoms with Gasteiger partial charge in [0.25, 0.3) is 5.91 Å². The van der Waals surface area contributed by atoms with Crippen molar-refractivity contribution in [3.63, 3.8) is 0 Å². The molecule has 0 aliphatic carbocycles. The highest BCUT2D eigenvalue weighted by Crippen LogP contribution is 2.25. The molecule has 6 heteroatoms. The second kappa shape index (κ2) is 5.17. The summed E-state index contributed by atoms with van der Waals surface area (Å²) >= 11 is 0. The number of nitrogens with zero attached hydrogens (tertiary/aromatic N) is 1. The molecule has 0 radical (unpaired) electrons. The largest absolute Gasteiger partial charge is 0.383 e. The van der Waals surface area contributed by atoms with Gasteiger partial charge in [0.05, 0.1) is 0 Å². The van der Waals surface area contributed by atoms with Crippen LogP contribution in [0.25, 0.3) is 0 Å². The molecule has 0 unspecified atom stereocenters. The van der Waals surface area contributed by atoms with Gasteiger partial charge in [0.1, 0.15) is 0 Å². The Morgan fingerprint density at radius 2 is 1.86 bits per heavy atom. The van der Waals surface area contributed by atoms with Crippen molar-refractivity contribution in [2.24, 2.45) is 0 Å². The van der Waals surface area contributed by atoms with Gasteiger partial charge in [0, 0.05) is 13.1 Å². The second-order valence-electron chi connectivity index (χ2n) is 2.81. The minimum absolute atomic E-state index is 0.00891. The summed E-state index contributed by atoms with van der Waals surface area (Å²) in [6.07, 6.45) is -3.49. The Morgan fingerprint density at radius 3 is 2.14 bits per heavy atom. The highest BCUT2D eigenvalue weighted by molar-refractivity contribution is 5.83. The van der Waals surface area contributed by atoms with Crippen LogP contribution < -0.4 is 0 Å². The number of alkyl halides is 4. The molecule has 0 aromatic heterocycles. The third kappa shape index (κ3) is 2.85. The fraction of sp³-hybridized carbons (Fsp3) is 0.875. The third-order valence-electron chi connectivity index (χ3n) is 1.72. The molecule has 0 rings (SSSR count). The summed E-state index contributed by atoms with van der Waals surface area (Å²) < 4.78 is 48.7. The normalized spacial score (nSPS) is 11.9. The number of hydrogen-bond donors (Lipinski definition) is 0. The molecule has 0 aromatic carbocycles.